The summed E-state index contributed by atoms with van der Waals surface area (Å²) in [4.78, 5) is 1.31. The van der Waals surface area contributed by atoms with E-state index >= 15 is 0 Å². The Morgan fingerprint density at radius 2 is 1.59 bits per heavy atom. The Labute approximate surface area is 105 Å². The minimum atomic E-state index is 1.23. The summed E-state index contributed by atoms with van der Waals surface area (Å²) in [5.41, 5.74) is 2.51. The third-order valence-corrected chi connectivity index (χ3v) is 4.10. The van der Waals surface area contributed by atoms with Crippen molar-refractivity contribution in [1.29, 1.82) is 0 Å². The van der Waals surface area contributed by atoms with E-state index < -0.39 is 0 Å². The number of hydrogen-bond donors (Lipinski definition) is 1. The van der Waals surface area contributed by atoms with Crippen molar-refractivity contribution >= 4 is 27.1 Å². The van der Waals surface area contributed by atoms with Crippen LogP contribution in [0.5, 0.6) is 0 Å². The number of nitrogens with one attached hydrogen (secondary N) is 1. The van der Waals surface area contributed by atoms with Crippen molar-refractivity contribution in [3.8, 4) is 10.4 Å². The predicted octanol–water partition coefficient (Wildman–Crippen LogP) is 4.61. The van der Waals surface area contributed by atoms with E-state index in [2.05, 4.69) is 59.9 Å². The SMILES string of the molecule is CNc1c(-c2ccccc2)sc2ccccc12. The smallest absolute Gasteiger partial charge is 0.0606 e. The maximum absolute atomic E-state index is 3.33. The van der Waals surface area contributed by atoms with Crippen LogP contribution in [-0.2, 0) is 0 Å². The van der Waals surface area contributed by atoms with Gasteiger partial charge in [-0.05, 0) is 11.6 Å². The van der Waals surface area contributed by atoms with Crippen LogP contribution in [0.3, 0.4) is 0 Å². The zero-order chi connectivity index (χ0) is 11.7. The highest BCUT2D eigenvalue weighted by Crippen LogP contribution is 2.42. The van der Waals surface area contributed by atoms with Crippen LogP contribution in [0.1, 0.15) is 0 Å². The van der Waals surface area contributed by atoms with E-state index in [1.54, 1.807) is 0 Å². The zero-order valence-electron chi connectivity index (χ0n) is 9.60. The van der Waals surface area contributed by atoms with Gasteiger partial charge in [0.05, 0.1) is 10.6 Å². The molecule has 0 aliphatic carbocycles. The monoisotopic (exact) mass is 239 g/mol. The summed E-state index contributed by atoms with van der Waals surface area (Å²) in [6, 6.07) is 19.1. The molecule has 3 rings (SSSR count). The lowest BCUT2D eigenvalue weighted by Gasteiger charge is -2.03. The van der Waals surface area contributed by atoms with Gasteiger partial charge in [-0.1, -0.05) is 48.5 Å². The molecule has 0 amide bonds. The van der Waals surface area contributed by atoms with Crippen molar-refractivity contribution in [3.05, 3.63) is 54.6 Å². The van der Waals surface area contributed by atoms with Crippen LogP contribution in [0.2, 0.25) is 0 Å². The third-order valence-electron chi connectivity index (χ3n) is 2.88. The molecule has 0 atom stereocenters. The molecule has 0 aliphatic heterocycles. The zero-order valence-corrected chi connectivity index (χ0v) is 10.4. The summed E-state index contributed by atoms with van der Waals surface area (Å²) in [6.07, 6.45) is 0. The molecule has 1 N–H and O–H groups in total. The molecule has 1 aromatic heterocycles. The topological polar surface area (TPSA) is 12.0 Å². The molecule has 0 aliphatic rings. The van der Waals surface area contributed by atoms with Gasteiger partial charge in [-0.25, -0.2) is 0 Å². The van der Waals surface area contributed by atoms with Crippen LogP contribution in [0.4, 0.5) is 5.69 Å². The number of hydrogen-bond acceptors (Lipinski definition) is 2. The summed E-state index contributed by atoms with van der Waals surface area (Å²) in [7, 11) is 1.99. The predicted molar refractivity (Wildman–Crippen MR) is 76.8 cm³/mol. The van der Waals surface area contributed by atoms with E-state index in [9.17, 15) is 0 Å². The fraction of sp³-hybridized carbons (Fsp3) is 0.0667. The summed E-state index contributed by atoms with van der Waals surface area (Å²) in [5.74, 6) is 0. The number of anilines is 1. The molecule has 84 valence electrons. The molecule has 0 saturated heterocycles. The van der Waals surface area contributed by atoms with Gasteiger partial charge in [-0.15, -0.1) is 11.3 Å². The summed E-state index contributed by atoms with van der Waals surface area (Å²) >= 11 is 1.84. The van der Waals surface area contributed by atoms with E-state index in [4.69, 9.17) is 0 Å². The summed E-state index contributed by atoms with van der Waals surface area (Å²) in [6.45, 7) is 0. The molecular weight excluding hydrogens is 226 g/mol. The van der Waals surface area contributed by atoms with Gasteiger partial charge in [-0.3, -0.25) is 0 Å². The highest BCUT2D eigenvalue weighted by atomic mass is 32.1. The second-order valence-corrected chi connectivity index (χ2v) is 4.97. The van der Waals surface area contributed by atoms with E-state index in [0.29, 0.717) is 0 Å². The van der Waals surface area contributed by atoms with Crippen LogP contribution in [-0.4, -0.2) is 7.05 Å². The lowest BCUT2D eigenvalue weighted by Crippen LogP contribution is -1.88. The molecule has 0 bridgehead atoms. The average Bonchev–Trinajstić information content (AvgIpc) is 2.78. The van der Waals surface area contributed by atoms with Crippen molar-refractivity contribution < 1.29 is 0 Å². The van der Waals surface area contributed by atoms with Gasteiger partial charge in [-0.2, -0.15) is 0 Å². The Morgan fingerprint density at radius 3 is 2.35 bits per heavy atom. The number of thiophene rings is 1. The second kappa shape index (κ2) is 4.22. The van der Waals surface area contributed by atoms with Gasteiger partial charge >= 0.3 is 0 Å². The lowest BCUT2D eigenvalue weighted by molar-refractivity contribution is 1.57. The Bertz CT molecular complexity index is 640. The van der Waals surface area contributed by atoms with Gasteiger partial charge in [0, 0.05) is 17.1 Å². The van der Waals surface area contributed by atoms with E-state index in [1.807, 2.05) is 18.4 Å². The molecule has 0 fully saturated rings. The number of benzene rings is 2. The van der Waals surface area contributed by atoms with Crippen LogP contribution in [0.25, 0.3) is 20.5 Å². The van der Waals surface area contributed by atoms with Crippen molar-refractivity contribution in [2.24, 2.45) is 0 Å². The largest absolute Gasteiger partial charge is 0.386 e. The molecule has 0 spiro atoms. The van der Waals surface area contributed by atoms with E-state index in [1.165, 1.54) is 26.2 Å². The molecule has 2 aromatic carbocycles. The first kappa shape index (κ1) is 10.4. The molecule has 0 saturated carbocycles. The van der Waals surface area contributed by atoms with E-state index in [-0.39, 0.29) is 0 Å². The minimum absolute atomic E-state index is 1.23. The first-order valence-electron chi connectivity index (χ1n) is 5.65. The van der Waals surface area contributed by atoms with Crippen LogP contribution in [0.15, 0.2) is 54.6 Å². The standard InChI is InChI=1S/C15H13NS/c1-16-14-12-9-5-6-10-13(12)17-15(14)11-7-3-2-4-8-11/h2-10,16H,1H3. The van der Waals surface area contributed by atoms with E-state index in [0.717, 1.165) is 0 Å². The van der Waals surface area contributed by atoms with Gasteiger partial charge < -0.3 is 5.32 Å². The average molecular weight is 239 g/mol. The quantitative estimate of drug-likeness (QED) is 0.688. The van der Waals surface area contributed by atoms with Crippen LogP contribution in [0, 0.1) is 0 Å². The van der Waals surface area contributed by atoms with Gasteiger partial charge in [0.2, 0.25) is 0 Å². The number of fused-ring (bicyclic) bond motifs is 1. The first-order chi connectivity index (χ1) is 8.40. The Balaban J connectivity index is 2.30. The van der Waals surface area contributed by atoms with Crippen molar-refractivity contribution in [3.63, 3.8) is 0 Å². The molecule has 1 nitrogen and oxygen atoms in total. The Kier molecular flexibility index (Phi) is 2.57. The second-order valence-electron chi connectivity index (χ2n) is 3.92. The van der Waals surface area contributed by atoms with Crippen molar-refractivity contribution in [2.75, 3.05) is 12.4 Å². The molecule has 2 heteroatoms. The van der Waals surface area contributed by atoms with Gasteiger partial charge in [0.15, 0.2) is 0 Å². The molecule has 17 heavy (non-hydrogen) atoms. The normalized spacial score (nSPS) is 10.6. The Morgan fingerprint density at radius 1 is 0.882 bits per heavy atom. The summed E-state index contributed by atoms with van der Waals surface area (Å²) in [5, 5.41) is 4.63. The first-order valence-corrected chi connectivity index (χ1v) is 6.46. The maximum atomic E-state index is 3.33. The highest BCUT2D eigenvalue weighted by molar-refractivity contribution is 7.23. The lowest BCUT2D eigenvalue weighted by atomic mass is 10.1. The minimum Gasteiger partial charge on any atom is -0.386 e. The summed E-state index contributed by atoms with van der Waals surface area (Å²) < 4.78 is 1.33. The van der Waals surface area contributed by atoms with Crippen LogP contribution >= 0.6 is 11.3 Å². The molecule has 0 radical (unpaired) electrons. The van der Waals surface area contributed by atoms with Crippen LogP contribution < -0.4 is 5.32 Å². The third kappa shape index (κ3) is 1.71. The maximum Gasteiger partial charge on any atom is 0.0606 e. The molecule has 3 aromatic rings. The number of rotatable bonds is 2. The van der Waals surface area contributed by atoms with Crippen molar-refractivity contribution in [1.82, 2.24) is 0 Å². The highest BCUT2D eigenvalue weighted by Gasteiger charge is 2.11. The molecular formula is C15H13NS. The molecule has 0 unspecified atom stereocenters. The van der Waals surface area contributed by atoms with Gasteiger partial charge in [0.1, 0.15) is 0 Å². The molecule has 1 heterocycles. The van der Waals surface area contributed by atoms with Gasteiger partial charge in [0.25, 0.3) is 0 Å². The Hall–Kier alpha value is -1.80. The fourth-order valence-corrected chi connectivity index (χ4v) is 3.30. The van der Waals surface area contributed by atoms with Crippen molar-refractivity contribution in [2.45, 2.75) is 0 Å². The fourth-order valence-electron chi connectivity index (χ4n) is 2.09.